The Labute approximate surface area is 90.5 Å². The topological polar surface area (TPSA) is 0 Å². The van der Waals surface area contributed by atoms with Crippen molar-refractivity contribution in [3.05, 3.63) is 0 Å². The highest BCUT2D eigenvalue weighted by molar-refractivity contribution is 4.69. The molecule has 0 bridgehead atoms. The van der Waals surface area contributed by atoms with Crippen LogP contribution in [0.15, 0.2) is 0 Å². The first kappa shape index (κ1) is 12.1. The first-order valence-corrected chi connectivity index (χ1v) is 6.84. The van der Waals surface area contributed by atoms with Crippen molar-refractivity contribution in [3.63, 3.8) is 0 Å². The summed E-state index contributed by atoms with van der Waals surface area (Å²) in [4.78, 5) is 0. The minimum Gasteiger partial charge on any atom is -0.0654 e. The highest BCUT2D eigenvalue weighted by Gasteiger charge is 2.17. The zero-order valence-electron chi connectivity index (χ0n) is 10.2. The molecule has 0 aliphatic heterocycles. The molecule has 2 unspecified atom stereocenters. The Morgan fingerprint density at radius 3 is 2.29 bits per heavy atom. The van der Waals surface area contributed by atoms with Crippen LogP contribution in [0.1, 0.15) is 78.1 Å². The third kappa shape index (κ3) is 4.48. The second-order valence-corrected chi connectivity index (χ2v) is 5.22. The summed E-state index contributed by atoms with van der Waals surface area (Å²) in [7, 11) is 0. The van der Waals surface area contributed by atoms with Gasteiger partial charge in [0.25, 0.3) is 0 Å². The Morgan fingerprint density at radius 1 is 0.929 bits per heavy atom. The summed E-state index contributed by atoms with van der Waals surface area (Å²) in [5.74, 6) is 2.05. The van der Waals surface area contributed by atoms with Crippen LogP contribution in [0.4, 0.5) is 0 Å². The van der Waals surface area contributed by atoms with Crippen molar-refractivity contribution in [1.29, 1.82) is 0 Å². The number of hydrogen-bond acceptors (Lipinski definition) is 0. The molecule has 0 saturated heterocycles. The molecule has 0 spiro atoms. The van der Waals surface area contributed by atoms with Crippen LogP contribution in [0, 0.1) is 11.8 Å². The molecule has 0 heteroatoms. The molecule has 0 heterocycles. The fourth-order valence-electron chi connectivity index (χ4n) is 2.82. The van der Waals surface area contributed by atoms with E-state index in [-0.39, 0.29) is 0 Å². The summed E-state index contributed by atoms with van der Waals surface area (Å²) in [5.41, 5.74) is 0. The zero-order chi connectivity index (χ0) is 10.2. The highest BCUT2D eigenvalue weighted by Crippen LogP contribution is 2.30. The Kier molecular flexibility index (Phi) is 6.31. The van der Waals surface area contributed by atoms with Crippen molar-refractivity contribution in [1.82, 2.24) is 0 Å². The molecule has 0 aromatic carbocycles. The van der Waals surface area contributed by atoms with Gasteiger partial charge in [0.15, 0.2) is 0 Å². The molecule has 1 saturated carbocycles. The summed E-state index contributed by atoms with van der Waals surface area (Å²) < 4.78 is 0. The van der Waals surface area contributed by atoms with Crippen molar-refractivity contribution < 1.29 is 0 Å². The zero-order valence-corrected chi connectivity index (χ0v) is 10.2. The molecular formula is C14H28. The fourth-order valence-corrected chi connectivity index (χ4v) is 2.82. The van der Waals surface area contributed by atoms with E-state index in [0.29, 0.717) is 0 Å². The van der Waals surface area contributed by atoms with E-state index in [2.05, 4.69) is 13.8 Å². The van der Waals surface area contributed by atoms with Gasteiger partial charge in [-0.15, -0.1) is 0 Å². The van der Waals surface area contributed by atoms with Crippen molar-refractivity contribution >= 4 is 0 Å². The number of hydrogen-bond donors (Lipinski definition) is 0. The maximum Gasteiger partial charge on any atom is -0.0388 e. The Hall–Kier alpha value is 0. The normalized spacial score (nSPS) is 30.4. The van der Waals surface area contributed by atoms with Crippen molar-refractivity contribution in [2.24, 2.45) is 11.8 Å². The third-order valence-electron chi connectivity index (χ3n) is 3.97. The number of unbranched alkanes of at least 4 members (excludes halogenated alkanes) is 1. The predicted molar refractivity (Wildman–Crippen MR) is 64.5 cm³/mol. The maximum atomic E-state index is 2.49. The predicted octanol–water partition coefficient (Wildman–Crippen LogP) is 5.17. The van der Waals surface area contributed by atoms with Gasteiger partial charge in [0.05, 0.1) is 0 Å². The largest absolute Gasteiger partial charge is 0.0654 e. The average molecular weight is 196 g/mol. The first-order valence-electron chi connectivity index (χ1n) is 6.84. The van der Waals surface area contributed by atoms with Crippen LogP contribution in [0.2, 0.25) is 0 Å². The van der Waals surface area contributed by atoms with E-state index in [0.717, 1.165) is 11.8 Å². The van der Waals surface area contributed by atoms with Crippen LogP contribution in [0.3, 0.4) is 0 Å². The van der Waals surface area contributed by atoms with Crippen LogP contribution >= 0.6 is 0 Å². The quantitative estimate of drug-likeness (QED) is 0.584. The highest BCUT2D eigenvalue weighted by atomic mass is 14.2. The molecule has 0 N–H and O–H groups in total. The summed E-state index contributed by atoms with van der Waals surface area (Å²) in [5, 5.41) is 0. The Bertz CT molecular complexity index is 128. The minimum atomic E-state index is 1.000. The van der Waals surface area contributed by atoms with E-state index < -0.39 is 0 Å². The van der Waals surface area contributed by atoms with Gasteiger partial charge < -0.3 is 0 Å². The molecule has 0 aromatic rings. The van der Waals surface area contributed by atoms with E-state index >= 15 is 0 Å². The molecule has 1 rings (SSSR count). The lowest BCUT2D eigenvalue weighted by Crippen LogP contribution is -2.11. The lowest BCUT2D eigenvalue weighted by Gasteiger charge is -2.23. The lowest BCUT2D eigenvalue weighted by molar-refractivity contribution is 0.288. The number of rotatable bonds is 3. The molecule has 2 atom stereocenters. The summed E-state index contributed by atoms with van der Waals surface area (Å²) in [6, 6.07) is 0. The third-order valence-corrected chi connectivity index (χ3v) is 3.97. The SMILES string of the molecule is CCCCC1CCCCCCCC1C. The van der Waals surface area contributed by atoms with Gasteiger partial charge in [-0.05, 0) is 11.8 Å². The minimum absolute atomic E-state index is 1.000. The van der Waals surface area contributed by atoms with Crippen molar-refractivity contribution in [2.45, 2.75) is 78.1 Å². The van der Waals surface area contributed by atoms with Crippen LogP contribution in [-0.4, -0.2) is 0 Å². The van der Waals surface area contributed by atoms with Crippen LogP contribution < -0.4 is 0 Å². The van der Waals surface area contributed by atoms with E-state index in [1.54, 1.807) is 0 Å². The molecule has 0 aromatic heterocycles. The second kappa shape index (κ2) is 7.31. The van der Waals surface area contributed by atoms with Gasteiger partial charge in [-0.3, -0.25) is 0 Å². The van der Waals surface area contributed by atoms with Crippen molar-refractivity contribution in [3.8, 4) is 0 Å². The van der Waals surface area contributed by atoms with E-state index in [1.807, 2.05) is 0 Å². The standard InChI is InChI=1S/C14H28/c1-3-4-11-14-12-9-7-5-6-8-10-13(14)2/h13-14H,3-12H2,1-2H3. The van der Waals surface area contributed by atoms with Gasteiger partial charge in [-0.2, -0.15) is 0 Å². The van der Waals surface area contributed by atoms with Gasteiger partial charge in [-0.1, -0.05) is 78.1 Å². The van der Waals surface area contributed by atoms with Gasteiger partial charge in [-0.25, -0.2) is 0 Å². The van der Waals surface area contributed by atoms with Gasteiger partial charge >= 0.3 is 0 Å². The van der Waals surface area contributed by atoms with Crippen LogP contribution in [0.25, 0.3) is 0 Å². The molecule has 1 aliphatic carbocycles. The molecule has 1 fully saturated rings. The van der Waals surface area contributed by atoms with Crippen LogP contribution in [-0.2, 0) is 0 Å². The second-order valence-electron chi connectivity index (χ2n) is 5.22. The molecule has 84 valence electrons. The van der Waals surface area contributed by atoms with E-state index in [1.165, 1.54) is 64.2 Å². The molecular weight excluding hydrogens is 168 g/mol. The summed E-state index contributed by atoms with van der Waals surface area (Å²) in [6.45, 7) is 4.81. The first-order chi connectivity index (χ1) is 6.84. The monoisotopic (exact) mass is 196 g/mol. The van der Waals surface area contributed by atoms with Gasteiger partial charge in [0, 0.05) is 0 Å². The van der Waals surface area contributed by atoms with E-state index in [4.69, 9.17) is 0 Å². The van der Waals surface area contributed by atoms with Crippen LogP contribution in [0.5, 0.6) is 0 Å². The van der Waals surface area contributed by atoms with Crippen molar-refractivity contribution in [2.75, 3.05) is 0 Å². The fraction of sp³-hybridized carbons (Fsp3) is 1.00. The molecule has 1 aliphatic rings. The van der Waals surface area contributed by atoms with Gasteiger partial charge in [0.2, 0.25) is 0 Å². The smallest absolute Gasteiger partial charge is 0.0388 e. The van der Waals surface area contributed by atoms with Gasteiger partial charge in [0.1, 0.15) is 0 Å². The molecule has 0 amide bonds. The summed E-state index contributed by atoms with van der Waals surface area (Å²) >= 11 is 0. The summed E-state index contributed by atoms with van der Waals surface area (Å²) in [6.07, 6.45) is 14.8. The Balaban J connectivity index is 2.32. The average Bonchev–Trinajstić information content (AvgIpc) is 2.28. The molecule has 0 radical (unpaired) electrons. The maximum absolute atomic E-state index is 2.49. The van der Waals surface area contributed by atoms with E-state index in [9.17, 15) is 0 Å². The Morgan fingerprint density at radius 2 is 1.57 bits per heavy atom. The lowest BCUT2D eigenvalue weighted by atomic mass is 9.83. The molecule has 0 nitrogen and oxygen atoms in total. The molecule has 14 heavy (non-hydrogen) atoms.